The monoisotopic (exact) mass is 332 g/mol. The normalized spacial score (nSPS) is 9.60. The van der Waals surface area contributed by atoms with Crippen molar-refractivity contribution in [2.45, 2.75) is 6.42 Å². The van der Waals surface area contributed by atoms with E-state index in [1.165, 1.54) is 29.3 Å². The third kappa shape index (κ3) is 5.95. The zero-order chi connectivity index (χ0) is 18.1. The molecule has 2 amide bonds. The van der Waals surface area contributed by atoms with Crippen molar-refractivity contribution in [1.82, 2.24) is 0 Å². The molecule has 0 fully saturated rings. The lowest BCUT2D eigenvalue weighted by Crippen LogP contribution is -2.14. The van der Waals surface area contributed by atoms with Crippen LogP contribution in [-0.4, -0.2) is 11.8 Å². The molecule has 0 aliphatic carbocycles. The summed E-state index contributed by atoms with van der Waals surface area (Å²) < 4.78 is 0. The van der Waals surface area contributed by atoms with Gasteiger partial charge >= 0.3 is 0 Å². The zero-order valence-corrected chi connectivity index (χ0v) is 13.8. The van der Waals surface area contributed by atoms with Gasteiger partial charge in [-0.25, -0.2) is 0 Å². The molecule has 0 aliphatic heterocycles. The number of carbonyl (C=O) groups is 2. The molecule has 4 heteroatoms. The number of nitrogens with two attached hydrogens (primary N) is 2. The first-order valence-corrected chi connectivity index (χ1v) is 7.84. The maximum atomic E-state index is 10.6. The number of rotatable bonds is 4. The van der Waals surface area contributed by atoms with Gasteiger partial charge in [-0.3, -0.25) is 9.59 Å². The van der Waals surface area contributed by atoms with Crippen molar-refractivity contribution in [2.75, 3.05) is 0 Å². The molecule has 0 unspecified atom stereocenters. The highest BCUT2D eigenvalue weighted by molar-refractivity contribution is 5.98. The summed E-state index contributed by atoms with van der Waals surface area (Å²) >= 11 is 0. The summed E-state index contributed by atoms with van der Waals surface area (Å²) in [6, 6.07) is 27.0. The summed E-state index contributed by atoms with van der Waals surface area (Å²) in [5.41, 5.74) is 13.3. The van der Waals surface area contributed by atoms with Gasteiger partial charge in [0.25, 0.3) is 0 Å². The van der Waals surface area contributed by atoms with Crippen molar-refractivity contribution >= 4 is 11.8 Å². The molecule has 0 radical (unpaired) electrons. The highest BCUT2D eigenvalue weighted by Gasteiger charge is 2.03. The third-order valence-electron chi connectivity index (χ3n) is 3.53. The molecule has 4 nitrogen and oxygen atoms in total. The van der Waals surface area contributed by atoms with Gasteiger partial charge in [0, 0.05) is 11.1 Å². The Morgan fingerprint density at radius 3 is 1.36 bits per heavy atom. The van der Waals surface area contributed by atoms with Crippen molar-refractivity contribution in [1.29, 1.82) is 0 Å². The summed E-state index contributed by atoms with van der Waals surface area (Å²) in [5.74, 6) is -1.14. The second-order valence-electron chi connectivity index (χ2n) is 5.46. The maximum absolute atomic E-state index is 10.6. The molecule has 3 rings (SSSR count). The van der Waals surface area contributed by atoms with Crippen LogP contribution in [0.4, 0.5) is 0 Å². The highest BCUT2D eigenvalue weighted by atomic mass is 16.1. The highest BCUT2D eigenvalue weighted by Crippen LogP contribution is 2.08. The quantitative estimate of drug-likeness (QED) is 0.769. The first-order valence-electron chi connectivity index (χ1n) is 7.84. The lowest BCUT2D eigenvalue weighted by Gasteiger charge is -2.00. The molecule has 25 heavy (non-hydrogen) atoms. The van der Waals surface area contributed by atoms with Crippen molar-refractivity contribution < 1.29 is 9.59 Å². The largest absolute Gasteiger partial charge is 0.366 e. The molecule has 0 aromatic heterocycles. The van der Waals surface area contributed by atoms with Gasteiger partial charge in [0.1, 0.15) is 0 Å². The molecule has 0 spiro atoms. The van der Waals surface area contributed by atoms with Crippen molar-refractivity contribution in [3.8, 4) is 0 Å². The van der Waals surface area contributed by atoms with Gasteiger partial charge in [-0.2, -0.15) is 0 Å². The summed E-state index contributed by atoms with van der Waals surface area (Å²) in [7, 11) is 0. The topological polar surface area (TPSA) is 86.2 Å². The molecule has 0 saturated heterocycles. The lowest BCUT2D eigenvalue weighted by molar-refractivity contribution is 0.0999. The van der Waals surface area contributed by atoms with Gasteiger partial charge < -0.3 is 11.5 Å². The second kappa shape index (κ2) is 9.03. The number of benzene rings is 3. The van der Waals surface area contributed by atoms with Crippen LogP contribution in [0.5, 0.6) is 0 Å². The average molecular weight is 332 g/mol. The van der Waals surface area contributed by atoms with E-state index in [4.69, 9.17) is 11.5 Å². The maximum Gasteiger partial charge on any atom is 0.248 e. The summed E-state index contributed by atoms with van der Waals surface area (Å²) in [4.78, 5) is 21.3. The van der Waals surface area contributed by atoms with E-state index >= 15 is 0 Å². The van der Waals surface area contributed by atoms with Crippen molar-refractivity contribution in [3.63, 3.8) is 0 Å². The number of hydrogen-bond acceptors (Lipinski definition) is 2. The van der Waals surface area contributed by atoms with E-state index in [0.717, 1.165) is 6.42 Å². The van der Waals surface area contributed by atoms with Crippen LogP contribution in [0.2, 0.25) is 0 Å². The minimum atomic E-state index is -0.571. The molecule has 4 N–H and O–H groups in total. The van der Waals surface area contributed by atoms with E-state index < -0.39 is 11.8 Å². The van der Waals surface area contributed by atoms with Crippen molar-refractivity contribution in [2.24, 2.45) is 11.5 Å². The van der Waals surface area contributed by atoms with Crippen LogP contribution in [0.25, 0.3) is 0 Å². The fraction of sp³-hybridized carbons (Fsp3) is 0.0476. The van der Waals surface area contributed by atoms with E-state index in [1.54, 1.807) is 6.07 Å². The van der Waals surface area contributed by atoms with E-state index in [1.807, 2.05) is 0 Å². The Morgan fingerprint density at radius 1 is 0.600 bits per heavy atom. The van der Waals surface area contributed by atoms with Crippen LogP contribution in [0.1, 0.15) is 31.8 Å². The smallest absolute Gasteiger partial charge is 0.248 e. The fourth-order valence-electron chi connectivity index (χ4n) is 2.25. The minimum Gasteiger partial charge on any atom is -0.366 e. The first-order chi connectivity index (χ1) is 12.1. The number of hydrogen-bond donors (Lipinski definition) is 2. The summed E-state index contributed by atoms with van der Waals surface area (Å²) in [6.45, 7) is 0. The van der Waals surface area contributed by atoms with E-state index in [2.05, 4.69) is 60.7 Å². The van der Waals surface area contributed by atoms with Gasteiger partial charge in [-0.1, -0.05) is 66.7 Å². The van der Waals surface area contributed by atoms with Crippen LogP contribution in [0.3, 0.4) is 0 Å². The molecule has 0 aliphatic rings. The van der Waals surface area contributed by atoms with Crippen LogP contribution in [0, 0.1) is 0 Å². The van der Waals surface area contributed by atoms with E-state index in [-0.39, 0.29) is 11.1 Å². The summed E-state index contributed by atoms with van der Waals surface area (Å²) in [6.07, 6.45) is 1.03. The Morgan fingerprint density at radius 2 is 1.00 bits per heavy atom. The van der Waals surface area contributed by atoms with Crippen LogP contribution < -0.4 is 11.5 Å². The van der Waals surface area contributed by atoms with Crippen LogP contribution in [-0.2, 0) is 6.42 Å². The van der Waals surface area contributed by atoms with Gasteiger partial charge in [-0.05, 0) is 35.7 Å². The zero-order valence-electron chi connectivity index (χ0n) is 13.8. The Labute approximate surface area is 147 Å². The number of carbonyl (C=O) groups excluding carboxylic acids is 2. The van der Waals surface area contributed by atoms with Crippen LogP contribution in [0.15, 0.2) is 84.9 Å². The summed E-state index contributed by atoms with van der Waals surface area (Å²) in [5, 5.41) is 0. The molecule has 0 bridgehead atoms. The fourth-order valence-corrected chi connectivity index (χ4v) is 2.25. The minimum absolute atomic E-state index is 0.284. The van der Waals surface area contributed by atoms with Gasteiger partial charge in [-0.15, -0.1) is 0 Å². The molecule has 0 saturated carbocycles. The van der Waals surface area contributed by atoms with Gasteiger partial charge in [0.2, 0.25) is 11.8 Å². The molecule has 3 aromatic rings. The van der Waals surface area contributed by atoms with E-state index in [0.29, 0.717) is 0 Å². The Kier molecular flexibility index (Phi) is 6.48. The first kappa shape index (κ1) is 17.9. The van der Waals surface area contributed by atoms with Crippen molar-refractivity contribution in [3.05, 3.63) is 107 Å². The molecule has 0 atom stereocenters. The second-order valence-corrected chi connectivity index (χ2v) is 5.46. The molecular weight excluding hydrogens is 312 g/mol. The predicted octanol–water partition coefficient (Wildman–Crippen LogP) is 3.16. The number of primary amides is 2. The van der Waals surface area contributed by atoms with E-state index in [9.17, 15) is 9.59 Å². The predicted molar refractivity (Wildman–Crippen MR) is 99.2 cm³/mol. The SMILES string of the molecule is NC(=O)c1cccc(C(N)=O)c1.c1ccc(Cc2ccccc2)cc1. The molecule has 126 valence electrons. The Bertz CT molecular complexity index is 764. The lowest BCUT2D eigenvalue weighted by atomic mass is 10.1. The molecule has 0 heterocycles. The standard InChI is InChI=1S/C13H12.C8H8N2O2/c1-3-7-12(8-4-1)11-13-9-5-2-6-10-13;9-7(11)5-2-1-3-6(4-5)8(10)12/h1-10H,11H2;1-4H,(H2,9,11)(H2,10,12). The third-order valence-corrected chi connectivity index (χ3v) is 3.53. The Hall–Kier alpha value is -3.40. The van der Waals surface area contributed by atoms with Gasteiger partial charge in [0.05, 0.1) is 0 Å². The average Bonchev–Trinajstić information content (AvgIpc) is 2.64. The molecule has 3 aromatic carbocycles. The van der Waals surface area contributed by atoms with Gasteiger partial charge in [0.15, 0.2) is 0 Å². The number of amides is 2. The Balaban J connectivity index is 0.000000181. The molecular formula is C21H20N2O2. The van der Waals surface area contributed by atoms with Crippen LogP contribution >= 0.6 is 0 Å².